The summed E-state index contributed by atoms with van der Waals surface area (Å²) in [6, 6.07) is 6.66. The van der Waals surface area contributed by atoms with Crippen LogP contribution in [-0.4, -0.2) is 18.4 Å². The van der Waals surface area contributed by atoms with Crippen molar-refractivity contribution in [3.05, 3.63) is 29.8 Å². The van der Waals surface area contributed by atoms with E-state index in [1.54, 1.807) is 24.3 Å². The predicted octanol–water partition coefficient (Wildman–Crippen LogP) is 1.63. The summed E-state index contributed by atoms with van der Waals surface area (Å²) in [6.07, 6.45) is 4.87. The lowest BCUT2D eigenvalue weighted by atomic mass is 9.73. The van der Waals surface area contributed by atoms with Crippen molar-refractivity contribution in [3.8, 4) is 0 Å². The molecular weight excluding hydrogens is 254 g/mol. The zero-order valence-electron chi connectivity index (χ0n) is 11.5. The fourth-order valence-electron chi connectivity index (χ4n) is 2.77. The molecule has 1 saturated carbocycles. The average molecular weight is 275 g/mol. The van der Waals surface area contributed by atoms with Crippen molar-refractivity contribution in [1.82, 2.24) is 0 Å². The third-order valence-corrected chi connectivity index (χ3v) is 4.09. The highest BCUT2D eigenvalue weighted by molar-refractivity contribution is 5.98. The van der Waals surface area contributed by atoms with Crippen LogP contribution in [0, 0.1) is 5.41 Å². The third-order valence-electron chi connectivity index (χ3n) is 4.09. The van der Waals surface area contributed by atoms with Gasteiger partial charge in [0.1, 0.15) is 0 Å². The second-order valence-corrected chi connectivity index (χ2v) is 5.44. The number of carbonyl (C=O) groups excluding carboxylic acids is 2. The van der Waals surface area contributed by atoms with E-state index in [4.69, 9.17) is 11.5 Å². The predicted molar refractivity (Wildman–Crippen MR) is 78.2 cm³/mol. The minimum Gasteiger partial charge on any atom is -0.366 e. The molecule has 0 spiro atoms. The molecule has 1 aromatic carbocycles. The fraction of sp³-hybridized carbons (Fsp3) is 0.467. The Labute approximate surface area is 118 Å². The van der Waals surface area contributed by atoms with E-state index >= 15 is 0 Å². The molecule has 0 bridgehead atoms. The first kappa shape index (κ1) is 14.5. The quantitative estimate of drug-likeness (QED) is 0.779. The van der Waals surface area contributed by atoms with E-state index in [0.717, 1.165) is 32.1 Å². The first-order chi connectivity index (χ1) is 9.57. The van der Waals surface area contributed by atoms with Gasteiger partial charge in [0.05, 0.1) is 5.41 Å². The van der Waals surface area contributed by atoms with Gasteiger partial charge in [-0.25, -0.2) is 0 Å². The monoisotopic (exact) mass is 275 g/mol. The Balaban J connectivity index is 2.14. The van der Waals surface area contributed by atoms with Crippen molar-refractivity contribution >= 4 is 17.5 Å². The van der Waals surface area contributed by atoms with Gasteiger partial charge in [0.15, 0.2) is 0 Å². The van der Waals surface area contributed by atoms with Gasteiger partial charge in [-0.3, -0.25) is 9.59 Å². The molecule has 0 saturated heterocycles. The molecule has 0 aromatic heterocycles. The lowest BCUT2D eigenvalue weighted by Crippen LogP contribution is -2.43. The standard InChI is InChI=1S/C15H21N3O2/c16-10-15(7-2-1-3-8-15)14(20)18-12-6-4-5-11(9-12)13(17)19/h4-6,9H,1-3,7-8,10,16H2,(H2,17,19)(H,18,20). The number of rotatable bonds is 4. The van der Waals surface area contributed by atoms with E-state index in [1.165, 1.54) is 0 Å². The van der Waals surface area contributed by atoms with E-state index in [9.17, 15) is 9.59 Å². The van der Waals surface area contributed by atoms with Crippen LogP contribution < -0.4 is 16.8 Å². The summed E-state index contributed by atoms with van der Waals surface area (Å²) in [5.41, 5.74) is 11.6. The normalized spacial score (nSPS) is 17.4. The highest BCUT2D eigenvalue weighted by atomic mass is 16.2. The molecule has 5 N–H and O–H groups in total. The zero-order valence-corrected chi connectivity index (χ0v) is 11.5. The second-order valence-electron chi connectivity index (χ2n) is 5.44. The molecule has 1 aliphatic rings. The lowest BCUT2D eigenvalue weighted by Gasteiger charge is -2.34. The van der Waals surface area contributed by atoms with Gasteiger partial charge in [-0.05, 0) is 31.0 Å². The minimum atomic E-state index is -0.507. The number of hydrogen-bond donors (Lipinski definition) is 3. The number of hydrogen-bond acceptors (Lipinski definition) is 3. The maximum Gasteiger partial charge on any atom is 0.248 e. The number of amides is 2. The van der Waals surface area contributed by atoms with Crippen molar-refractivity contribution in [3.63, 3.8) is 0 Å². The number of benzene rings is 1. The van der Waals surface area contributed by atoms with Crippen LogP contribution in [0.15, 0.2) is 24.3 Å². The van der Waals surface area contributed by atoms with E-state index < -0.39 is 11.3 Å². The molecule has 0 radical (unpaired) electrons. The summed E-state index contributed by atoms with van der Waals surface area (Å²) in [7, 11) is 0. The largest absolute Gasteiger partial charge is 0.366 e. The Morgan fingerprint density at radius 1 is 1.20 bits per heavy atom. The number of anilines is 1. The molecule has 0 atom stereocenters. The van der Waals surface area contributed by atoms with Gasteiger partial charge < -0.3 is 16.8 Å². The Kier molecular flexibility index (Phi) is 4.39. The Bertz CT molecular complexity index is 508. The molecule has 5 heteroatoms. The summed E-state index contributed by atoms with van der Waals surface area (Å²) in [4.78, 5) is 23.6. The Hall–Kier alpha value is -1.88. The first-order valence-electron chi connectivity index (χ1n) is 6.99. The third kappa shape index (κ3) is 2.99. The van der Waals surface area contributed by atoms with Crippen LogP contribution >= 0.6 is 0 Å². The molecule has 5 nitrogen and oxygen atoms in total. The highest BCUT2D eigenvalue weighted by Crippen LogP contribution is 2.36. The van der Waals surface area contributed by atoms with Gasteiger partial charge in [-0.15, -0.1) is 0 Å². The van der Waals surface area contributed by atoms with Gasteiger partial charge in [0.2, 0.25) is 11.8 Å². The van der Waals surface area contributed by atoms with E-state index in [0.29, 0.717) is 17.8 Å². The number of nitrogens with two attached hydrogens (primary N) is 2. The number of nitrogens with one attached hydrogen (secondary N) is 1. The number of primary amides is 1. The molecule has 0 aliphatic heterocycles. The van der Waals surface area contributed by atoms with Crippen LogP contribution in [0.5, 0.6) is 0 Å². The second kappa shape index (κ2) is 6.05. The topological polar surface area (TPSA) is 98.2 Å². The molecule has 0 unspecified atom stereocenters. The molecule has 2 amide bonds. The molecule has 1 fully saturated rings. The highest BCUT2D eigenvalue weighted by Gasteiger charge is 2.38. The molecule has 2 rings (SSSR count). The first-order valence-corrected chi connectivity index (χ1v) is 6.99. The Morgan fingerprint density at radius 3 is 2.50 bits per heavy atom. The van der Waals surface area contributed by atoms with Crippen molar-refractivity contribution in [2.24, 2.45) is 16.9 Å². The maximum absolute atomic E-state index is 12.5. The average Bonchev–Trinajstić information content (AvgIpc) is 2.48. The van der Waals surface area contributed by atoms with Crippen molar-refractivity contribution in [2.45, 2.75) is 32.1 Å². The van der Waals surface area contributed by atoms with Crippen LogP contribution in [0.25, 0.3) is 0 Å². The SMILES string of the molecule is NCC1(C(=O)Nc2cccc(C(N)=O)c2)CCCCC1. The molecule has 0 heterocycles. The van der Waals surface area contributed by atoms with Crippen LogP contribution in [0.1, 0.15) is 42.5 Å². The zero-order chi connectivity index (χ0) is 14.6. The fourth-order valence-corrected chi connectivity index (χ4v) is 2.77. The van der Waals surface area contributed by atoms with Gasteiger partial charge in [-0.2, -0.15) is 0 Å². The summed E-state index contributed by atoms with van der Waals surface area (Å²) in [6.45, 7) is 0.355. The van der Waals surface area contributed by atoms with E-state index in [-0.39, 0.29) is 5.91 Å². The smallest absolute Gasteiger partial charge is 0.248 e. The maximum atomic E-state index is 12.5. The van der Waals surface area contributed by atoms with Crippen molar-refractivity contribution in [1.29, 1.82) is 0 Å². The van der Waals surface area contributed by atoms with E-state index in [1.807, 2.05) is 0 Å². The van der Waals surface area contributed by atoms with Crippen LogP contribution in [0.4, 0.5) is 5.69 Å². The van der Waals surface area contributed by atoms with E-state index in [2.05, 4.69) is 5.32 Å². The molecular formula is C15H21N3O2. The van der Waals surface area contributed by atoms with Gasteiger partial charge >= 0.3 is 0 Å². The van der Waals surface area contributed by atoms with Crippen molar-refractivity contribution < 1.29 is 9.59 Å². The molecule has 108 valence electrons. The summed E-state index contributed by atoms with van der Waals surface area (Å²) in [5, 5.41) is 2.87. The molecule has 1 aliphatic carbocycles. The van der Waals surface area contributed by atoms with Gasteiger partial charge in [-0.1, -0.05) is 25.3 Å². The van der Waals surface area contributed by atoms with Crippen LogP contribution in [0.2, 0.25) is 0 Å². The van der Waals surface area contributed by atoms with Crippen LogP contribution in [0.3, 0.4) is 0 Å². The summed E-state index contributed by atoms with van der Waals surface area (Å²) >= 11 is 0. The molecule has 1 aromatic rings. The molecule has 20 heavy (non-hydrogen) atoms. The Morgan fingerprint density at radius 2 is 1.90 bits per heavy atom. The lowest BCUT2D eigenvalue weighted by molar-refractivity contribution is -0.126. The summed E-state index contributed by atoms with van der Waals surface area (Å²) < 4.78 is 0. The van der Waals surface area contributed by atoms with Crippen molar-refractivity contribution in [2.75, 3.05) is 11.9 Å². The number of carbonyl (C=O) groups is 2. The van der Waals surface area contributed by atoms with Crippen LogP contribution in [-0.2, 0) is 4.79 Å². The summed E-state index contributed by atoms with van der Waals surface area (Å²) in [5.74, 6) is -0.561. The van der Waals surface area contributed by atoms with Gasteiger partial charge in [0.25, 0.3) is 0 Å². The van der Waals surface area contributed by atoms with Gasteiger partial charge in [0, 0.05) is 17.8 Å². The minimum absolute atomic E-state index is 0.0543.